The van der Waals surface area contributed by atoms with E-state index < -0.39 is 11.9 Å². The van der Waals surface area contributed by atoms with Crippen molar-refractivity contribution >= 4 is 5.97 Å². The first kappa shape index (κ1) is 15.7. The van der Waals surface area contributed by atoms with Crippen LogP contribution in [-0.2, 0) is 11.3 Å². The van der Waals surface area contributed by atoms with Crippen LogP contribution in [0.1, 0.15) is 44.2 Å². The molecule has 0 radical (unpaired) electrons. The average Bonchev–Trinajstić information content (AvgIpc) is 2.36. The Hall–Kier alpha value is -1.35. The second-order valence-corrected chi connectivity index (χ2v) is 5.72. The van der Waals surface area contributed by atoms with Gasteiger partial charge < -0.3 is 10.0 Å². The molecular weight excluding hydrogens is 238 g/mol. The van der Waals surface area contributed by atoms with Crippen LogP contribution in [0.5, 0.6) is 0 Å². The van der Waals surface area contributed by atoms with Gasteiger partial charge in [0.25, 0.3) is 0 Å². The lowest BCUT2D eigenvalue weighted by Gasteiger charge is -2.18. The number of hydrogen-bond donors (Lipinski definition) is 1. The third kappa shape index (κ3) is 5.43. The number of aliphatic carboxylic acids is 1. The number of hydrogen-bond acceptors (Lipinski definition) is 2. The number of rotatable bonds is 7. The van der Waals surface area contributed by atoms with E-state index in [4.69, 9.17) is 5.11 Å². The molecule has 0 aliphatic heterocycles. The Kier molecular flexibility index (Phi) is 6.03. The largest absolute Gasteiger partial charge is 0.481 e. The fourth-order valence-electron chi connectivity index (χ4n) is 1.92. The van der Waals surface area contributed by atoms with Crippen LogP contribution in [0.2, 0.25) is 0 Å². The topological polar surface area (TPSA) is 40.5 Å². The Morgan fingerprint density at radius 2 is 1.79 bits per heavy atom. The summed E-state index contributed by atoms with van der Waals surface area (Å²) in [7, 11) is 2.12. The van der Waals surface area contributed by atoms with Crippen LogP contribution in [0.15, 0.2) is 24.3 Å². The predicted octanol–water partition coefficient (Wildman–Crippen LogP) is 3.35. The monoisotopic (exact) mass is 263 g/mol. The second kappa shape index (κ2) is 7.29. The standard InChI is InChI=1S/C16H25NO2/c1-12(2)9-10-17(4)11-14-5-7-15(8-6-14)13(3)16(18)19/h5-8,12-13H,9-11H2,1-4H3,(H,18,19). The molecule has 0 fully saturated rings. The number of carbonyl (C=O) groups is 1. The van der Waals surface area contributed by atoms with Crippen molar-refractivity contribution in [2.75, 3.05) is 13.6 Å². The first-order chi connectivity index (χ1) is 8.90. The highest BCUT2D eigenvalue weighted by Crippen LogP contribution is 2.16. The average molecular weight is 263 g/mol. The van der Waals surface area contributed by atoms with Crippen molar-refractivity contribution in [1.29, 1.82) is 0 Å². The maximum atomic E-state index is 10.9. The zero-order valence-electron chi connectivity index (χ0n) is 12.4. The molecule has 0 bridgehead atoms. The maximum Gasteiger partial charge on any atom is 0.310 e. The minimum absolute atomic E-state index is 0.437. The minimum Gasteiger partial charge on any atom is -0.481 e. The van der Waals surface area contributed by atoms with E-state index in [1.165, 1.54) is 12.0 Å². The van der Waals surface area contributed by atoms with Crippen LogP contribution in [0.25, 0.3) is 0 Å². The molecule has 19 heavy (non-hydrogen) atoms. The third-order valence-corrected chi connectivity index (χ3v) is 3.39. The van der Waals surface area contributed by atoms with Crippen molar-refractivity contribution in [1.82, 2.24) is 4.90 Å². The summed E-state index contributed by atoms with van der Waals surface area (Å²) in [5, 5.41) is 8.96. The quantitative estimate of drug-likeness (QED) is 0.820. The molecule has 0 aromatic heterocycles. The summed E-state index contributed by atoms with van der Waals surface area (Å²) in [5.41, 5.74) is 2.09. The Morgan fingerprint density at radius 3 is 2.26 bits per heavy atom. The van der Waals surface area contributed by atoms with Crippen LogP contribution < -0.4 is 0 Å². The molecule has 1 N–H and O–H groups in total. The summed E-state index contributed by atoms with van der Waals surface area (Å²) in [6, 6.07) is 7.90. The Balaban J connectivity index is 2.54. The highest BCUT2D eigenvalue weighted by molar-refractivity contribution is 5.75. The fraction of sp³-hybridized carbons (Fsp3) is 0.562. The molecule has 0 aliphatic rings. The fourth-order valence-corrected chi connectivity index (χ4v) is 1.92. The Morgan fingerprint density at radius 1 is 1.21 bits per heavy atom. The van der Waals surface area contributed by atoms with Crippen molar-refractivity contribution in [2.45, 2.75) is 39.7 Å². The van der Waals surface area contributed by atoms with E-state index >= 15 is 0 Å². The first-order valence-corrected chi connectivity index (χ1v) is 6.90. The summed E-state index contributed by atoms with van der Waals surface area (Å²) >= 11 is 0. The third-order valence-electron chi connectivity index (χ3n) is 3.39. The minimum atomic E-state index is -0.776. The molecule has 0 aliphatic carbocycles. The molecule has 1 aromatic rings. The van der Waals surface area contributed by atoms with Gasteiger partial charge in [-0.25, -0.2) is 0 Å². The van der Waals surface area contributed by atoms with Crippen LogP contribution in [0, 0.1) is 5.92 Å². The normalized spacial score (nSPS) is 12.9. The molecule has 106 valence electrons. The number of nitrogens with zero attached hydrogens (tertiary/aromatic N) is 1. The number of carboxylic acids is 1. The summed E-state index contributed by atoms with van der Waals surface area (Å²) < 4.78 is 0. The smallest absolute Gasteiger partial charge is 0.310 e. The first-order valence-electron chi connectivity index (χ1n) is 6.90. The lowest BCUT2D eigenvalue weighted by Crippen LogP contribution is -2.20. The summed E-state index contributed by atoms with van der Waals surface area (Å²) in [4.78, 5) is 13.2. The molecule has 1 rings (SSSR count). The van der Waals surface area contributed by atoms with Crippen LogP contribution in [0.4, 0.5) is 0 Å². The molecule has 1 unspecified atom stereocenters. The van der Waals surface area contributed by atoms with E-state index in [1.54, 1.807) is 6.92 Å². The van der Waals surface area contributed by atoms with Crippen molar-refractivity contribution in [3.8, 4) is 0 Å². The molecule has 0 heterocycles. The van der Waals surface area contributed by atoms with Gasteiger partial charge in [0.05, 0.1) is 5.92 Å². The van der Waals surface area contributed by atoms with Gasteiger partial charge in [-0.2, -0.15) is 0 Å². The molecule has 0 amide bonds. The molecule has 0 spiro atoms. The van der Waals surface area contributed by atoms with E-state index in [1.807, 2.05) is 24.3 Å². The summed E-state index contributed by atoms with van der Waals surface area (Å²) in [6.07, 6.45) is 1.20. The molecule has 1 atom stereocenters. The van der Waals surface area contributed by atoms with Crippen LogP contribution in [0.3, 0.4) is 0 Å². The zero-order valence-corrected chi connectivity index (χ0v) is 12.4. The lowest BCUT2D eigenvalue weighted by atomic mass is 10.00. The van der Waals surface area contributed by atoms with Gasteiger partial charge in [-0.3, -0.25) is 4.79 Å². The van der Waals surface area contributed by atoms with E-state index in [0.717, 1.165) is 24.6 Å². The van der Waals surface area contributed by atoms with Gasteiger partial charge in [-0.15, -0.1) is 0 Å². The van der Waals surface area contributed by atoms with Crippen molar-refractivity contribution in [3.05, 3.63) is 35.4 Å². The van der Waals surface area contributed by atoms with E-state index in [-0.39, 0.29) is 0 Å². The SMILES string of the molecule is CC(C)CCN(C)Cc1ccc(C(C)C(=O)O)cc1. The maximum absolute atomic E-state index is 10.9. The lowest BCUT2D eigenvalue weighted by molar-refractivity contribution is -0.138. The molecule has 3 nitrogen and oxygen atoms in total. The molecule has 3 heteroatoms. The molecule has 1 aromatic carbocycles. The highest BCUT2D eigenvalue weighted by Gasteiger charge is 2.13. The van der Waals surface area contributed by atoms with Gasteiger partial charge in [0.15, 0.2) is 0 Å². The van der Waals surface area contributed by atoms with E-state index in [9.17, 15) is 4.79 Å². The predicted molar refractivity (Wildman–Crippen MR) is 78.3 cm³/mol. The van der Waals surface area contributed by atoms with Gasteiger partial charge in [0.1, 0.15) is 0 Å². The van der Waals surface area contributed by atoms with Gasteiger partial charge >= 0.3 is 5.97 Å². The molecular formula is C16H25NO2. The highest BCUT2D eigenvalue weighted by atomic mass is 16.4. The molecule has 0 saturated heterocycles. The second-order valence-electron chi connectivity index (χ2n) is 5.72. The Labute approximate surface area is 116 Å². The van der Waals surface area contributed by atoms with Gasteiger partial charge in [-0.1, -0.05) is 38.1 Å². The van der Waals surface area contributed by atoms with Crippen LogP contribution in [-0.4, -0.2) is 29.6 Å². The summed E-state index contributed by atoms with van der Waals surface area (Å²) in [6.45, 7) is 8.18. The van der Waals surface area contributed by atoms with Crippen molar-refractivity contribution in [3.63, 3.8) is 0 Å². The zero-order chi connectivity index (χ0) is 14.4. The van der Waals surface area contributed by atoms with Crippen LogP contribution >= 0.6 is 0 Å². The van der Waals surface area contributed by atoms with E-state index in [0.29, 0.717) is 0 Å². The van der Waals surface area contributed by atoms with E-state index in [2.05, 4.69) is 25.8 Å². The van der Waals surface area contributed by atoms with Gasteiger partial charge in [-0.05, 0) is 44.0 Å². The van der Waals surface area contributed by atoms with Gasteiger partial charge in [0, 0.05) is 6.54 Å². The summed E-state index contributed by atoms with van der Waals surface area (Å²) in [5.74, 6) is -0.490. The van der Waals surface area contributed by atoms with Crippen molar-refractivity contribution in [2.24, 2.45) is 5.92 Å². The Bertz CT molecular complexity index is 398. The van der Waals surface area contributed by atoms with Gasteiger partial charge in [0.2, 0.25) is 0 Å². The van der Waals surface area contributed by atoms with Crippen molar-refractivity contribution < 1.29 is 9.90 Å². The number of benzene rings is 1. The molecule has 0 saturated carbocycles. The number of carboxylic acid groups (broad SMARTS) is 1.